The Morgan fingerprint density at radius 3 is 2.58 bits per heavy atom. The van der Waals surface area contributed by atoms with Crippen LogP contribution in [-0.2, 0) is 6.54 Å². The number of nitrogen functional groups attached to an aromatic ring is 1. The Labute approximate surface area is 113 Å². The largest absolute Gasteiger partial charge is 0.393 e. The highest BCUT2D eigenvalue weighted by Crippen LogP contribution is 2.29. The lowest BCUT2D eigenvalue weighted by Gasteiger charge is -2.39. The van der Waals surface area contributed by atoms with E-state index in [1.54, 1.807) is 6.07 Å². The molecule has 5 heteroatoms. The molecule has 5 nitrogen and oxygen atoms in total. The fourth-order valence-corrected chi connectivity index (χ4v) is 2.88. The third-order valence-electron chi connectivity index (χ3n) is 4.10. The summed E-state index contributed by atoms with van der Waals surface area (Å²) >= 11 is 0. The third kappa shape index (κ3) is 2.87. The molecule has 1 aromatic carbocycles. The molecule has 1 aromatic rings. The predicted molar refractivity (Wildman–Crippen MR) is 75.8 cm³/mol. The van der Waals surface area contributed by atoms with Gasteiger partial charge in [-0.3, -0.25) is 15.0 Å². The van der Waals surface area contributed by atoms with Crippen LogP contribution in [0.5, 0.6) is 0 Å². The van der Waals surface area contributed by atoms with Crippen molar-refractivity contribution >= 4 is 11.4 Å². The summed E-state index contributed by atoms with van der Waals surface area (Å²) in [7, 11) is 0. The van der Waals surface area contributed by atoms with Crippen LogP contribution < -0.4 is 5.73 Å². The molecule has 104 valence electrons. The molecule has 0 amide bonds. The number of anilines is 1. The standard InChI is InChI=1S/C14H21N3O2/c1-10-5-3-6-11(2)16(10)9-12-7-4-8-13(14(12)15)17(18)19/h4,7-8,10-11H,3,5-6,9,15H2,1-2H3. The molecule has 1 saturated heterocycles. The van der Waals surface area contributed by atoms with Gasteiger partial charge in [0.1, 0.15) is 5.69 Å². The Morgan fingerprint density at radius 1 is 1.37 bits per heavy atom. The molecule has 2 N–H and O–H groups in total. The predicted octanol–water partition coefficient (Wildman–Crippen LogP) is 2.94. The molecular formula is C14H21N3O2. The molecule has 1 heterocycles. The van der Waals surface area contributed by atoms with Crippen LogP contribution in [0.25, 0.3) is 0 Å². The van der Waals surface area contributed by atoms with Gasteiger partial charge < -0.3 is 5.73 Å². The molecule has 19 heavy (non-hydrogen) atoms. The smallest absolute Gasteiger partial charge is 0.292 e. The SMILES string of the molecule is CC1CCCC(C)N1Cc1cccc([N+](=O)[O-])c1N. The fraction of sp³-hybridized carbons (Fsp3) is 0.571. The first-order valence-electron chi connectivity index (χ1n) is 6.78. The Hall–Kier alpha value is -1.62. The molecule has 0 radical (unpaired) electrons. The molecule has 0 aromatic heterocycles. The van der Waals surface area contributed by atoms with Crippen LogP contribution in [-0.4, -0.2) is 21.9 Å². The van der Waals surface area contributed by atoms with E-state index in [2.05, 4.69) is 18.7 Å². The molecule has 2 atom stereocenters. The summed E-state index contributed by atoms with van der Waals surface area (Å²) in [5, 5.41) is 10.9. The van der Waals surface area contributed by atoms with Gasteiger partial charge in [0.25, 0.3) is 5.69 Å². The summed E-state index contributed by atoms with van der Waals surface area (Å²) in [4.78, 5) is 12.9. The van der Waals surface area contributed by atoms with Gasteiger partial charge in [-0.25, -0.2) is 0 Å². The number of likely N-dealkylation sites (tertiary alicyclic amines) is 1. The van der Waals surface area contributed by atoms with Gasteiger partial charge in [0, 0.05) is 24.7 Å². The van der Waals surface area contributed by atoms with Crippen molar-refractivity contribution in [3.05, 3.63) is 33.9 Å². The van der Waals surface area contributed by atoms with E-state index in [0.717, 1.165) is 5.56 Å². The Morgan fingerprint density at radius 2 is 2.00 bits per heavy atom. The second kappa shape index (κ2) is 5.57. The Balaban J connectivity index is 2.23. The van der Waals surface area contributed by atoms with E-state index in [1.807, 2.05) is 6.07 Å². The maximum atomic E-state index is 10.9. The molecule has 1 aliphatic rings. The van der Waals surface area contributed by atoms with Crippen molar-refractivity contribution in [2.45, 2.75) is 51.7 Å². The lowest BCUT2D eigenvalue weighted by molar-refractivity contribution is -0.384. The molecule has 0 bridgehead atoms. The number of hydrogen-bond acceptors (Lipinski definition) is 4. The van der Waals surface area contributed by atoms with Crippen molar-refractivity contribution in [1.82, 2.24) is 4.90 Å². The van der Waals surface area contributed by atoms with Crippen LogP contribution in [0.2, 0.25) is 0 Å². The Kier molecular flexibility index (Phi) is 4.04. The van der Waals surface area contributed by atoms with Crippen LogP contribution in [0.1, 0.15) is 38.7 Å². The maximum absolute atomic E-state index is 10.9. The second-order valence-corrected chi connectivity index (χ2v) is 5.41. The highest BCUT2D eigenvalue weighted by Gasteiger charge is 2.26. The van der Waals surface area contributed by atoms with E-state index >= 15 is 0 Å². The first-order chi connectivity index (χ1) is 9.00. The summed E-state index contributed by atoms with van der Waals surface area (Å²) in [5.41, 5.74) is 7.09. The lowest BCUT2D eigenvalue weighted by Crippen LogP contribution is -2.43. The summed E-state index contributed by atoms with van der Waals surface area (Å²) in [6, 6.07) is 6.06. The van der Waals surface area contributed by atoms with Crippen molar-refractivity contribution in [2.75, 3.05) is 5.73 Å². The number of nitrogens with two attached hydrogens (primary N) is 1. The average Bonchev–Trinajstić information content (AvgIpc) is 2.35. The van der Waals surface area contributed by atoms with E-state index in [1.165, 1.54) is 25.3 Å². The zero-order valence-electron chi connectivity index (χ0n) is 11.5. The molecule has 1 aliphatic heterocycles. The van der Waals surface area contributed by atoms with Crippen molar-refractivity contribution in [3.8, 4) is 0 Å². The van der Waals surface area contributed by atoms with Crippen molar-refractivity contribution in [2.24, 2.45) is 0 Å². The summed E-state index contributed by atoms with van der Waals surface area (Å²) in [6.45, 7) is 5.11. The van der Waals surface area contributed by atoms with Gasteiger partial charge in [-0.15, -0.1) is 0 Å². The zero-order valence-corrected chi connectivity index (χ0v) is 11.5. The van der Waals surface area contributed by atoms with Gasteiger partial charge in [-0.1, -0.05) is 18.6 Å². The molecular weight excluding hydrogens is 242 g/mol. The molecule has 1 fully saturated rings. The first kappa shape index (κ1) is 13.8. The quantitative estimate of drug-likeness (QED) is 0.517. The van der Waals surface area contributed by atoms with Crippen molar-refractivity contribution < 1.29 is 4.92 Å². The summed E-state index contributed by atoms with van der Waals surface area (Å²) in [5.74, 6) is 0. The average molecular weight is 263 g/mol. The summed E-state index contributed by atoms with van der Waals surface area (Å²) in [6.07, 6.45) is 3.61. The van der Waals surface area contributed by atoms with Gasteiger partial charge in [0.05, 0.1) is 4.92 Å². The molecule has 0 saturated carbocycles. The first-order valence-corrected chi connectivity index (χ1v) is 6.78. The number of para-hydroxylation sites is 1. The minimum absolute atomic E-state index is 0.00909. The number of benzene rings is 1. The van der Waals surface area contributed by atoms with Crippen LogP contribution in [0.15, 0.2) is 18.2 Å². The van der Waals surface area contributed by atoms with Gasteiger partial charge in [-0.2, -0.15) is 0 Å². The monoisotopic (exact) mass is 263 g/mol. The number of piperidine rings is 1. The van der Waals surface area contributed by atoms with Gasteiger partial charge >= 0.3 is 0 Å². The fourth-order valence-electron chi connectivity index (χ4n) is 2.88. The number of nitro benzene ring substituents is 1. The van der Waals surface area contributed by atoms with Crippen LogP contribution in [0.4, 0.5) is 11.4 Å². The number of hydrogen-bond donors (Lipinski definition) is 1. The molecule has 2 unspecified atom stereocenters. The van der Waals surface area contributed by atoms with E-state index in [9.17, 15) is 10.1 Å². The van der Waals surface area contributed by atoms with Crippen molar-refractivity contribution in [3.63, 3.8) is 0 Å². The second-order valence-electron chi connectivity index (χ2n) is 5.41. The number of nitrogens with zero attached hydrogens (tertiary/aromatic N) is 2. The van der Waals surface area contributed by atoms with Crippen LogP contribution >= 0.6 is 0 Å². The minimum atomic E-state index is -0.415. The molecule has 0 aliphatic carbocycles. The third-order valence-corrected chi connectivity index (χ3v) is 4.10. The lowest BCUT2D eigenvalue weighted by atomic mass is 9.96. The number of rotatable bonds is 3. The number of nitro groups is 1. The van der Waals surface area contributed by atoms with E-state index in [4.69, 9.17) is 5.73 Å². The molecule has 0 spiro atoms. The van der Waals surface area contributed by atoms with Gasteiger partial charge in [-0.05, 0) is 32.3 Å². The van der Waals surface area contributed by atoms with Crippen molar-refractivity contribution in [1.29, 1.82) is 0 Å². The van der Waals surface area contributed by atoms with Gasteiger partial charge in [0.15, 0.2) is 0 Å². The van der Waals surface area contributed by atoms with Crippen LogP contribution in [0, 0.1) is 10.1 Å². The highest BCUT2D eigenvalue weighted by atomic mass is 16.6. The van der Waals surface area contributed by atoms with E-state index < -0.39 is 4.92 Å². The maximum Gasteiger partial charge on any atom is 0.292 e. The highest BCUT2D eigenvalue weighted by molar-refractivity contribution is 5.62. The van der Waals surface area contributed by atoms with Crippen LogP contribution in [0.3, 0.4) is 0 Å². The van der Waals surface area contributed by atoms with E-state index in [0.29, 0.717) is 24.3 Å². The van der Waals surface area contributed by atoms with E-state index in [-0.39, 0.29) is 5.69 Å². The Bertz CT molecular complexity index is 466. The topological polar surface area (TPSA) is 72.4 Å². The van der Waals surface area contributed by atoms with Gasteiger partial charge in [0.2, 0.25) is 0 Å². The normalized spacial score (nSPS) is 24.3. The minimum Gasteiger partial charge on any atom is -0.393 e. The molecule has 2 rings (SSSR count). The summed E-state index contributed by atoms with van der Waals surface area (Å²) < 4.78 is 0. The zero-order chi connectivity index (χ0) is 14.0.